The highest BCUT2D eigenvalue weighted by molar-refractivity contribution is 6.12. The zero-order chi connectivity index (χ0) is 54.0. The van der Waals surface area contributed by atoms with Crippen molar-refractivity contribution in [2.45, 2.75) is 167 Å². The minimum absolute atomic E-state index is 0.0131. The third-order valence-electron chi connectivity index (χ3n) is 15.4. The number of carbonyl (C=O) groups excluding carboxylic acids is 6. The quantitative estimate of drug-likeness (QED) is 0.0200. The molecule has 10 unspecified atom stereocenters. The van der Waals surface area contributed by atoms with Gasteiger partial charge in [0.2, 0.25) is 17.7 Å². The minimum Gasteiger partial charge on any atom is -0.467 e. The molecule has 3 aliphatic heterocycles. The van der Waals surface area contributed by atoms with Gasteiger partial charge in [-0.2, -0.15) is 5.48 Å². The molecule has 6 N–H and O–H groups in total. The summed E-state index contributed by atoms with van der Waals surface area (Å²) in [6, 6.07) is 4.55. The average molecular weight is 1030 g/mol. The number of aliphatic hydroxyl groups is 2. The molecular formula is C53H88N8O12. The summed E-state index contributed by atoms with van der Waals surface area (Å²) >= 11 is 0. The monoisotopic (exact) mass is 1030 g/mol. The Labute approximate surface area is 433 Å². The van der Waals surface area contributed by atoms with Gasteiger partial charge in [0.15, 0.2) is 0 Å². The fraction of sp³-hybridized carbons (Fsp3) is 0.736. The molecule has 2 fully saturated rings. The van der Waals surface area contributed by atoms with Gasteiger partial charge in [-0.05, 0) is 102 Å². The van der Waals surface area contributed by atoms with Gasteiger partial charge in [0, 0.05) is 63.2 Å². The van der Waals surface area contributed by atoms with Crippen LogP contribution in [0, 0.1) is 17.8 Å². The molecule has 1 aromatic carbocycles. The first-order valence-corrected chi connectivity index (χ1v) is 26.3. The molecule has 0 radical (unpaired) electrons. The number of amides is 5. The highest BCUT2D eigenvalue weighted by Gasteiger charge is 2.44. The molecule has 5 amide bonds. The smallest absolute Gasteiger partial charge is 0.328 e. The van der Waals surface area contributed by atoms with Crippen LogP contribution in [0.5, 0.6) is 0 Å². The Hall–Kier alpha value is -4.38. The van der Waals surface area contributed by atoms with Crippen LogP contribution in [0.2, 0.25) is 0 Å². The number of ether oxygens (including phenoxy) is 3. The van der Waals surface area contributed by atoms with Gasteiger partial charge in [-0.1, -0.05) is 59.6 Å². The molecule has 0 saturated carbocycles. The second kappa shape index (κ2) is 29.6. The third-order valence-corrected chi connectivity index (χ3v) is 15.4. The third kappa shape index (κ3) is 17.3. The van der Waals surface area contributed by atoms with Gasteiger partial charge < -0.3 is 40.0 Å². The second-order valence-electron chi connectivity index (χ2n) is 20.9. The summed E-state index contributed by atoms with van der Waals surface area (Å²) in [5, 5.41) is 30.7. The van der Waals surface area contributed by atoms with Crippen LogP contribution in [-0.4, -0.2) is 188 Å². The van der Waals surface area contributed by atoms with Crippen LogP contribution in [-0.2, 0) is 54.2 Å². The lowest BCUT2D eigenvalue weighted by Crippen LogP contribution is -2.59. The van der Waals surface area contributed by atoms with E-state index in [9.17, 15) is 39.0 Å². The number of esters is 1. The predicted molar refractivity (Wildman–Crippen MR) is 276 cm³/mol. The summed E-state index contributed by atoms with van der Waals surface area (Å²) in [5.41, 5.74) is 4.28. The first-order chi connectivity index (χ1) is 34.7. The van der Waals surface area contributed by atoms with Crippen molar-refractivity contribution in [3.63, 3.8) is 0 Å². The standard InChI is InChI=1S/C53H88N8O12/c1-12-35(4)48(59(8)51(68)47(34(2)3)57-73-33-53(6)26-17-27-58(53)7)41(70-9)31-46(66)60-29-16-18-40(60)49(71-10)36(5)50(67)56-39(52(69)72-11)30-37-20-22-38(23-21-37)55-43(63)32-54-42(62)19-14-13-15-28-61-44(64)24-25-45(61)65/h20-25,34-36,39-42,47-49,51,54,57,62,68H,12-19,26-33H2,1-11H3,(H,55,63)(H,56,67)/t35-,36?,39?,40?,41?,42?,47?,48?,49?,51?,53?/m0/s1. The molecule has 3 heterocycles. The summed E-state index contributed by atoms with van der Waals surface area (Å²) < 4.78 is 17.2. The van der Waals surface area contributed by atoms with Crippen LogP contribution in [0.25, 0.3) is 0 Å². The van der Waals surface area contributed by atoms with Gasteiger partial charge in [0.05, 0.1) is 56.9 Å². The lowest BCUT2D eigenvalue weighted by atomic mass is 9.89. The van der Waals surface area contributed by atoms with Crippen LogP contribution < -0.4 is 21.4 Å². The predicted octanol–water partition coefficient (Wildman–Crippen LogP) is 2.96. The molecule has 11 atom stereocenters. The lowest BCUT2D eigenvalue weighted by molar-refractivity contribution is -0.149. The summed E-state index contributed by atoms with van der Waals surface area (Å²) in [5.74, 6) is -2.97. The molecule has 0 aliphatic carbocycles. The van der Waals surface area contributed by atoms with Gasteiger partial charge in [0.1, 0.15) is 18.5 Å². The second-order valence-corrected chi connectivity index (χ2v) is 20.9. The number of hydrogen-bond donors (Lipinski definition) is 6. The number of benzene rings is 1. The lowest BCUT2D eigenvalue weighted by Gasteiger charge is -2.43. The SMILES string of the molecule is CC[C@H](C)C(C(CC(=O)N1CCCC1C(OC)C(C)C(=O)NC(Cc1ccc(NC(=O)CNC(O)CCCCCN2C(=O)C=CC2=O)cc1)C(=O)OC)OC)N(C)C(O)C(NOCC1(C)CCCN1C)C(C)C. The number of methoxy groups -OCH3 is 3. The molecule has 4 rings (SSSR count). The van der Waals surface area contributed by atoms with Crippen LogP contribution in [0.15, 0.2) is 36.4 Å². The molecule has 0 bridgehead atoms. The summed E-state index contributed by atoms with van der Waals surface area (Å²) in [7, 11) is 8.33. The Morgan fingerprint density at radius 2 is 1.62 bits per heavy atom. The Balaban J connectivity index is 1.31. The number of hydroxylamine groups is 1. The Morgan fingerprint density at radius 1 is 0.932 bits per heavy atom. The fourth-order valence-corrected chi connectivity index (χ4v) is 10.3. The zero-order valence-electron chi connectivity index (χ0n) is 45.4. The molecule has 3 aliphatic rings. The molecule has 0 aromatic heterocycles. The largest absolute Gasteiger partial charge is 0.467 e. The van der Waals surface area contributed by atoms with Crippen molar-refractivity contribution in [3.8, 4) is 0 Å². The van der Waals surface area contributed by atoms with E-state index in [-0.39, 0.29) is 66.4 Å². The van der Waals surface area contributed by atoms with Crippen LogP contribution >= 0.6 is 0 Å². The molecule has 412 valence electrons. The first-order valence-electron chi connectivity index (χ1n) is 26.3. The van der Waals surface area contributed by atoms with Crippen molar-refractivity contribution in [1.82, 2.24) is 35.7 Å². The maximum atomic E-state index is 14.4. The van der Waals surface area contributed by atoms with Gasteiger partial charge in [-0.15, -0.1) is 0 Å². The fourth-order valence-electron chi connectivity index (χ4n) is 10.3. The Kier molecular flexibility index (Phi) is 24.8. The van der Waals surface area contributed by atoms with E-state index in [1.807, 2.05) is 25.8 Å². The number of anilines is 1. The number of likely N-dealkylation sites (tertiary alicyclic amines) is 2. The Bertz CT molecular complexity index is 1960. The molecule has 73 heavy (non-hydrogen) atoms. The average Bonchev–Trinajstić information content (AvgIpc) is 4.08. The molecule has 20 heteroatoms. The number of rotatable bonds is 32. The number of likely N-dealkylation sites (N-methyl/N-ethyl adjacent to an activating group) is 2. The van der Waals surface area contributed by atoms with E-state index in [4.69, 9.17) is 19.0 Å². The maximum absolute atomic E-state index is 14.4. The summed E-state index contributed by atoms with van der Waals surface area (Å²) in [4.78, 5) is 90.8. The van der Waals surface area contributed by atoms with Crippen LogP contribution in [0.3, 0.4) is 0 Å². The number of nitrogens with zero attached hydrogens (tertiary/aromatic N) is 4. The van der Waals surface area contributed by atoms with Gasteiger partial charge in [0.25, 0.3) is 11.8 Å². The molecule has 1 aromatic rings. The normalized spacial score (nSPS) is 22.0. The van der Waals surface area contributed by atoms with E-state index in [1.54, 1.807) is 43.2 Å². The summed E-state index contributed by atoms with van der Waals surface area (Å²) in [6.07, 6.45) is 6.05. The van der Waals surface area contributed by atoms with Crippen LogP contribution in [0.1, 0.15) is 111 Å². The van der Waals surface area contributed by atoms with E-state index in [0.29, 0.717) is 69.5 Å². The van der Waals surface area contributed by atoms with Crippen LogP contribution in [0.4, 0.5) is 5.69 Å². The Morgan fingerprint density at radius 3 is 2.21 bits per heavy atom. The van der Waals surface area contributed by atoms with E-state index in [2.05, 4.69) is 54.1 Å². The highest BCUT2D eigenvalue weighted by atomic mass is 16.6. The maximum Gasteiger partial charge on any atom is 0.328 e. The topological polar surface area (TPSA) is 241 Å². The van der Waals surface area contributed by atoms with Crippen molar-refractivity contribution in [1.29, 1.82) is 0 Å². The zero-order valence-corrected chi connectivity index (χ0v) is 45.4. The van der Waals surface area contributed by atoms with Gasteiger partial charge in [-0.25, -0.2) is 4.79 Å². The minimum atomic E-state index is -1.05. The molecule has 20 nitrogen and oxygen atoms in total. The first kappa shape index (κ1) is 61.2. The van der Waals surface area contributed by atoms with Crippen molar-refractivity contribution < 1.29 is 58.0 Å². The van der Waals surface area contributed by atoms with Crippen molar-refractivity contribution in [2.24, 2.45) is 17.8 Å². The molecule has 2 saturated heterocycles. The van der Waals surface area contributed by atoms with E-state index < -0.39 is 60.6 Å². The number of hydrogen-bond acceptors (Lipinski definition) is 16. The van der Waals surface area contributed by atoms with Gasteiger partial charge in [-0.3, -0.25) is 48.8 Å². The number of aliphatic hydroxyl groups excluding tert-OH is 2. The number of imide groups is 1. The summed E-state index contributed by atoms with van der Waals surface area (Å²) in [6.45, 7) is 14.3. The van der Waals surface area contributed by atoms with Crippen molar-refractivity contribution in [3.05, 3.63) is 42.0 Å². The van der Waals surface area contributed by atoms with Gasteiger partial charge >= 0.3 is 5.97 Å². The number of carbonyl (C=O) groups is 6. The van der Waals surface area contributed by atoms with Crippen molar-refractivity contribution >= 4 is 41.2 Å². The number of nitrogens with one attached hydrogen (secondary N) is 4. The highest BCUT2D eigenvalue weighted by Crippen LogP contribution is 2.31. The van der Waals surface area contributed by atoms with Crippen molar-refractivity contribution in [2.75, 3.05) is 73.5 Å². The molecular weight excluding hydrogens is 941 g/mol. The van der Waals surface area contributed by atoms with E-state index in [1.165, 1.54) is 31.3 Å². The molecule has 0 spiro atoms. The van der Waals surface area contributed by atoms with E-state index >= 15 is 0 Å². The van der Waals surface area contributed by atoms with E-state index in [0.717, 1.165) is 25.8 Å². The number of unbranched alkanes of at least 4 members (excludes halogenated alkanes) is 2.